The number of esters is 1. The van der Waals surface area contributed by atoms with Gasteiger partial charge in [-0.1, -0.05) is 27.5 Å². The van der Waals surface area contributed by atoms with Crippen molar-refractivity contribution < 1.29 is 14.3 Å². The Labute approximate surface area is 135 Å². The standard InChI is InChI=1S/C15H13BrClNO3/c1-2-20-15(19)11-8-10(4-6-13(11)18)21-14-7-9(16)3-5-12(14)17/h3-8H,2,18H2,1H3. The van der Waals surface area contributed by atoms with Gasteiger partial charge in [-0.05, 0) is 43.3 Å². The van der Waals surface area contributed by atoms with Crippen molar-refractivity contribution in [2.45, 2.75) is 6.92 Å². The summed E-state index contributed by atoms with van der Waals surface area (Å²) < 4.78 is 11.5. The van der Waals surface area contributed by atoms with Crippen LogP contribution in [0.3, 0.4) is 0 Å². The first kappa shape index (κ1) is 15.7. The number of hydrogen-bond donors (Lipinski definition) is 1. The van der Waals surface area contributed by atoms with Gasteiger partial charge in [-0.15, -0.1) is 0 Å². The molecule has 0 heterocycles. The lowest BCUT2D eigenvalue weighted by molar-refractivity contribution is 0.0527. The zero-order valence-electron chi connectivity index (χ0n) is 11.2. The predicted octanol–water partition coefficient (Wildman–Crippen LogP) is 4.65. The maximum atomic E-state index is 11.8. The van der Waals surface area contributed by atoms with Gasteiger partial charge in [-0.2, -0.15) is 0 Å². The molecule has 0 fully saturated rings. The fourth-order valence-electron chi connectivity index (χ4n) is 1.67. The quantitative estimate of drug-likeness (QED) is 0.628. The minimum Gasteiger partial charge on any atom is -0.462 e. The van der Waals surface area contributed by atoms with E-state index in [1.54, 1.807) is 31.2 Å². The van der Waals surface area contributed by atoms with E-state index in [0.29, 0.717) is 22.2 Å². The molecule has 0 aromatic heterocycles. The van der Waals surface area contributed by atoms with Crippen molar-refractivity contribution in [3.63, 3.8) is 0 Å². The summed E-state index contributed by atoms with van der Waals surface area (Å²) in [6.45, 7) is 2.01. The van der Waals surface area contributed by atoms with E-state index < -0.39 is 5.97 Å². The van der Waals surface area contributed by atoms with Gasteiger partial charge in [0.05, 0.1) is 17.2 Å². The molecule has 110 valence electrons. The highest BCUT2D eigenvalue weighted by molar-refractivity contribution is 9.10. The SMILES string of the molecule is CCOC(=O)c1cc(Oc2cc(Br)ccc2Cl)ccc1N. The lowest BCUT2D eigenvalue weighted by Gasteiger charge is -2.11. The maximum absolute atomic E-state index is 11.8. The molecular weight excluding hydrogens is 358 g/mol. The summed E-state index contributed by atoms with van der Waals surface area (Å²) in [5.41, 5.74) is 6.38. The summed E-state index contributed by atoms with van der Waals surface area (Å²) in [6, 6.07) is 10.0. The Bertz CT molecular complexity index is 676. The van der Waals surface area contributed by atoms with Crippen LogP contribution in [0.1, 0.15) is 17.3 Å². The van der Waals surface area contributed by atoms with Gasteiger partial charge in [0.15, 0.2) is 0 Å². The van der Waals surface area contributed by atoms with Crippen LogP contribution in [0.15, 0.2) is 40.9 Å². The molecule has 0 amide bonds. The van der Waals surface area contributed by atoms with E-state index in [1.807, 2.05) is 6.07 Å². The number of nitrogen functional groups attached to an aromatic ring is 1. The number of benzene rings is 2. The number of nitrogens with two attached hydrogens (primary N) is 1. The molecule has 0 atom stereocenters. The Balaban J connectivity index is 2.31. The van der Waals surface area contributed by atoms with E-state index in [1.165, 1.54) is 6.07 Å². The molecule has 2 rings (SSSR count). The van der Waals surface area contributed by atoms with Crippen molar-refractivity contribution >= 4 is 39.2 Å². The minimum atomic E-state index is -0.485. The third-order valence-corrected chi connectivity index (χ3v) is 3.45. The smallest absolute Gasteiger partial charge is 0.340 e. The Morgan fingerprint density at radius 3 is 2.76 bits per heavy atom. The van der Waals surface area contributed by atoms with Crippen LogP contribution in [0, 0.1) is 0 Å². The van der Waals surface area contributed by atoms with E-state index >= 15 is 0 Å². The van der Waals surface area contributed by atoms with Crippen molar-refractivity contribution in [3.8, 4) is 11.5 Å². The van der Waals surface area contributed by atoms with Gasteiger partial charge >= 0.3 is 5.97 Å². The van der Waals surface area contributed by atoms with Crippen LogP contribution in [0.5, 0.6) is 11.5 Å². The molecule has 4 nitrogen and oxygen atoms in total. The minimum absolute atomic E-state index is 0.264. The summed E-state index contributed by atoms with van der Waals surface area (Å²) in [4.78, 5) is 11.8. The van der Waals surface area contributed by atoms with Crippen molar-refractivity contribution in [1.29, 1.82) is 0 Å². The summed E-state index contributed by atoms with van der Waals surface area (Å²) in [7, 11) is 0. The number of halogens is 2. The molecule has 0 aliphatic carbocycles. The second kappa shape index (κ2) is 6.83. The molecule has 0 aliphatic heterocycles. The lowest BCUT2D eigenvalue weighted by Crippen LogP contribution is -2.08. The van der Waals surface area contributed by atoms with Gasteiger partial charge < -0.3 is 15.2 Å². The molecule has 0 aliphatic rings. The highest BCUT2D eigenvalue weighted by atomic mass is 79.9. The summed E-state index contributed by atoms with van der Waals surface area (Å²) in [5, 5.41) is 0.465. The van der Waals surface area contributed by atoms with Gasteiger partial charge in [-0.25, -0.2) is 4.79 Å². The second-order valence-corrected chi connectivity index (χ2v) is 5.47. The van der Waals surface area contributed by atoms with Crippen LogP contribution in [-0.4, -0.2) is 12.6 Å². The lowest BCUT2D eigenvalue weighted by atomic mass is 10.1. The normalized spacial score (nSPS) is 10.2. The molecular formula is C15H13BrClNO3. The van der Waals surface area contributed by atoms with Gasteiger partial charge in [0, 0.05) is 10.2 Å². The van der Waals surface area contributed by atoms with Crippen molar-refractivity contribution in [2.75, 3.05) is 12.3 Å². The first-order valence-corrected chi connectivity index (χ1v) is 7.38. The highest BCUT2D eigenvalue weighted by Gasteiger charge is 2.13. The van der Waals surface area contributed by atoms with E-state index in [9.17, 15) is 4.79 Å². The van der Waals surface area contributed by atoms with Crippen LogP contribution in [0.2, 0.25) is 5.02 Å². The molecule has 21 heavy (non-hydrogen) atoms. The number of hydrogen-bond acceptors (Lipinski definition) is 4. The van der Waals surface area contributed by atoms with Crippen molar-refractivity contribution in [1.82, 2.24) is 0 Å². The molecule has 0 bridgehead atoms. The Kier molecular flexibility index (Phi) is 5.09. The zero-order valence-corrected chi connectivity index (χ0v) is 13.6. The van der Waals surface area contributed by atoms with Gasteiger partial charge in [0.2, 0.25) is 0 Å². The Hall–Kier alpha value is -1.72. The molecule has 0 unspecified atom stereocenters. The van der Waals surface area contributed by atoms with E-state index in [0.717, 1.165) is 4.47 Å². The number of rotatable bonds is 4. The Morgan fingerprint density at radius 2 is 2.05 bits per heavy atom. The second-order valence-electron chi connectivity index (χ2n) is 4.15. The van der Waals surface area contributed by atoms with Crippen LogP contribution in [0.25, 0.3) is 0 Å². The molecule has 0 spiro atoms. The fraction of sp³-hybridized carbons (Fsp3) is 0.133. The predicted molar refractivity (Wildman–Crippen MR) is 86.0 cm³/mol. The third-order valence-electron chi connectivity index (χ3n) is 2.64. The number of anilines is 1. The number of ether oxygens (including phenoxy) is 2. The monoisotopic (exact) mass is 369 g/mol. The molecule has 0 saturated carbocycles. The van der Waals surface area contributed by atoms with E-state index in [-0.39, 0.29) is 12.2 Å². The van der Waals surface area contributed by atoms with Gasteiger partial charge in [0.25, 0.3) is 0 Å². The van der Waals surface area contributed by atoms with Gasteiger partial charge in [-0.3, -0.25) is 0 Å². The van der Waals surface area contributed by atoms with E-state index in [2.05, 4.69) is 15.9 Å². The number of carbonyl (C=O) groups excluding carboxylic acids is 1. The van der Waals surface area contributed by atoms with Crippen molar-refractivity contribution in [2.24, 2.45) is 0 Å². The highest BCUT2D eigenvalue weighted by Crippen LogP contribution is 2.33. The summed E-state index contributed by atoms with van der Waals surface area (Å²) >= 11 is 9.41. The van der Waals surface area contributed by atoms with Crippen molar-refractivity contribution in [3.05, 3.63) is 51.5 Å². The molecule has 2 aromatic carbocycles. The average Bonchev–Trinajstić information content (AvgIpc) is 2.45. The summed E-state index contributed by atoms with van der Waals surface area (Å²) in [6.07, 6.45) is 0. The van der Waals surface area contributed by atoms with Crippen LogP contribution in [-0.2, 0) is 4.74 Å². The third kappa shape index (κ3) is 3.89. The van der Waals surface area contributed by atoms with Gasteiger partial charge in [0.1, 0.15) is 11.5 Å². The molecule has 2 N–H and O–H groups in total. The molecule has 2 aromatic rings. The van der Waals surface area contributed by atoms with Crippen LogP contribution >= 0.6 is 27.5 Å². The largest absolute Gasteiger partial charge is 0.462 e. The molecule has 6 heteroatoms. The fourth-order valence-corrected chi connectivity index (χ4v) is 2.16. The average molecular weight is 371 g/mol. The zero-order chi connectivity index (χ0) is 15.4. The maximum Gasteiger partial charge on any atom is 0.340 e. The van der Waals surface area contributed by atoms with Crippen LogP contribution < -0.4 is 10.5 Å². The summed E-state index contributed by atoms with van der Waals surface area (Å²) in [5.74, 6) is 0.443. The van der Waals surface area contributed by atoms with E-state index in [4.69, 9.17) is 26.8 Å². The molecule has 0 saturated heterocycles. The Morgan fingerprint density at radius 1 is 1.29 bits per heavy atom. The number of carbonyl (C=O) groups is 1. The van der Waals surface area contributed by atoms with Crippen LogP contribution in [0.4, 0.5) is 5.69 Å². The first-order valence-electron chi connectivity index (χ1n) is 6.20. The molecule has 0 radical (unpaired) electrons. The first-order chi connectivity index (χ1) is 10.0. The topological polar surface area (TPSA) is 61.5 Å².